The number of amides is 1. The predicted octanol–water partition coefficient (Wildman–Crippen LogP) is 5.98. The zero-order valence-corrected chi connectivity index (χ0v) is 16.1. The van der Waals surface area contributed by atoms with Crippen molar-refractivity contribution in [3.8, 4) is 5.75 Å². The van der Waals surface area contributed by atoms with E-state index in [2.05, 4.69) is 30.4 Å². The first-order valence-electron chi connectivity index (χ1n) is 9.75. The van der Waals surface area contributed by atoms with Crippen LogP contribution in [0.3, 0.4) is 0 Å². The third-order valence-electron chi connectivity index (χ3n) is 4.70. The van der Waals surface area contributed by atoms with Crippen LogP contribution in [0.4, 0.5) is 5.69 Å². The van der Waals surface area contributed by atoms with E-state index in [-0.39, 0.29) is 5.91 Å². The van der Waals surface area contributed by atoms with Gasteiger partial charge < -0.3 is 10.1 Å². The van der Waals surface area contributed by atoms with Crippen LogP contribution < -0.4 is 10.1 Å². The second-order valence-electron chi connectivity index (χ2n) is 6.81. The molecule has 0 saturated carbocycles. The fourth-order valence-corrected chi connectivity index (χ4v) is 3.09. The number of carbonyl (C=O) groups is 1. The highest BCUT2D eigenvalue weighted by atomic mass is 16.5. The monoisotopic (exact) mass is 361 g/mol. The molecule has 0 radical (unpaired) electrons. The van der Waals surface area contributed by atoms with E-state index in [1.54, 1.807) is 0 Å². The zero-order valence-electron chi connectivity index (χ0n) is 16.1. The standard InChI is InChI=1S/C24H27NO2/c1-3-5-8-18-11-14-21(15-12-18)25-24(26)23(4-2)27-22-16-13-19-9-6-7-10-20(19)17-22/h6-7,9-17,23H,3-5,8H2,1-2H3,(H,25,26)/t23-/m1/s1. The number of unbranched alkanes of at least 4 members (excludes halogenated alkanes) is 1. The summed E-state index contributed by atoms with van der Waals surface area (Å²) in [4.78, 5) is 12.6. The summed E-state index contributed by atoms with van der Waals surface area (Å²) in [5.41, 5.74) is 2.11. The number of carbonyl (C=O) groups excluding carboxylic acids is 1. The number of benzene rings is 3. The van der Waals surface area contributed by atoms with Crippen molar-refractivity contribution in [3.05, 3.63) is 72.3 Å². The van der Waals surface area contributed by atoms with Gasteiger partial charge in [0, 0.05) is 5.69 Å². The Balaban J connectivity index is 1.64. The first-order chi connectivity index (χ1) is 13.2. The molecule has 0 unspecified atom stereocenters. The van der Waals surface area contributed by atoms with Gasteiger partial charge in [0.2, 0.25) is 0 Å². The van der Waals surface area contributed by atoms with Crippen molar-refractivity contribution in [2.45, 2.75) is 45.6 Å². The Morgan fingerprint density at radius 1 is 0.963 bits per heavy atom. The number of rotatable bonds is 8. The normalized spacial score (nSPS) is 11.9. The van der Waals surface area contributed by atoms with Crippen LogP contribution in [-0.2, 0) is 11.2 Å². The minimum atomic E-state index is -0.522. The maximum atomic E-state index is 12.6. The fourth-order valence-electron chi connectivity index (χ4n) is 3.09. The highest BCUT2D eigenvalue weighted by Gasteiger charge is 2.18. The molecule has 3 heteroatoms. The van der Waals surface area contributed by atoms with Crippen LogP contribution in [-0.4, -0.2) is 12.0 Å². The molecule has 0 aliphatic rings. The number of fused-ring (bicyclic) bond motifs is 1. The van der Waals surface area contributed by atoms with Gasteiger partial charge in [0.1, 0.15) is 5.75 Å². The molecule has 0 aliphatic heterocycles. The van der Waals surface area contributed by atoms with Gasteiger partial charge in [-0.2, -0.15) is 0 Å². The highest BCUT2D eigenvalue weighted by Crippen LogP contribution is 2.22. The van der Waals surface area contributed by atoms with Crippen LogP contribution in [0.25, 0.3) is 10.8 Å². The van der Waals surface area contributed by atoms with E-state index in [0.717, 1.165) is 22.9 Å². The Morgan fingerprint density at radius 2 is 1.70 bits per heavy atom. The quantitative estimate of drug-likeness (QED) is 0.536. The van der Waals surface area contributed by atoms with E-state index < -0.39 is 6.10 Å². The second-order valence-corrected chi connectivity index (χ2v) is 6.81. The summed E-state index contributed by atoms with van der Waals surface area (Å²) >= 11 is 0. The van der Waals surface area contributed by atoms with E-state index >= 15 is 0 Å². The first kappa shape index (κ1) is 19.0. The first-order valence-corrected chi connectivity index (χ1v) is 9.75. The number of ether oxygens (including phenoxy) is 1. The number of aryl methyl sites for hydroxylation is 1. The molecule has 27 heavy (non-hydrogen) atoms. The Kier molecular flexibility index (Phi) is 6.48. The van der Waals surface area contributed by atoms with Crippen LogP contribution in [0.5, 0.6) is 5.75 Å². The molecule has 140 valence electrons. The molecular formula is C24H27NO2. The topological polar surface area (TPSA) is 38.3 Å². The lowest BCUT2D eigenvalue weighted by molar-refractivity contribution is -0.122. The van der Waals surface area contributed by atoms with Crippen molar-refractivity contribution in [3.63, 3.8) is 0 Å². The van der Waals surface area contributed by atoms with Gasteiger partial charge in [-0.1, -0.05) is 62.7 Å². The van der Waals surface area contributed by atoms with Crippen LogP contribution >= 0.6 is 0 Å². The van der Waals surface area contributed by atoms with Crippen LogP contribution in [0, 0.1) is 0 Å². The summed E-state index contributed by atoms with van der Waals surface area (Å²) in [5, 5.41) is 5.23. The molecule has 3 aromatic rings. The number of hydrogen-bond donors (Lipinski definition) is 1. The van der Waals surface area contributed by atoms with Gasteiger partial charge in [0.05, 0.1) is 0 Å². The minimum absolute atomic E-state index is 0.119. The van der Waals surface area contributed by atoms with Crippen LogP contribution in [0.2, 0.25) is 0 Å². The summed E-state index contributed by atoms with van der Waals surface area (Å²) in [6.45, 7) is 4.15. The maximum absolute atomic E-state index is 12.6. The summed E-state index contributed by atoms with van der Waals surface area (Å²) in [6, 6.07) is 22.1. The lowest BCUT2D eigenvalue weighted by Gasteiger charge is -2.18. The SMILES string of the molecule is CCCCc1ccc(NC(=O)[C@@H](CC)Oc2ccc3ccccc3c2)cc1. The van der Waals surface area contributed by atoms with E-state index in [4.69, 9.17) is 4.74 Å². The van der Waals surface area contributed by atoms with E-state index in [9.17, 15) is 4.79 Å². The maximum Gasteiger partial charge on any atom is 0.265 e. The van der Waals surface area contributed by atoms with Crippen molar-refractivity contribution in [1.29, 1.82) is 0 Å². The Labute approximate surface area is 161 Å². The average Bonchev–Trinajstić information content (AvgIpc) is 2.71. The summed E-state index contributed by atoms with van der Waals surface area (Å²) < 4.78 is 5.97. The second kappa shape index (κ2) is 9.22. The molecule has 0 heterocycles. The van der Waals surface area contributed by atoms with Crippen LogP contribution in [0.15, 0.2) is 66.7 Å². The van der Waals surface area contributed by atoms with Gasteiger partial charge in [-0.05, 0) is 59.9 Å². The minimum Gasteiger partial charge on any atom is -0.481 e. The predicted molar refractivity (Wildman–Crippen MR) is 112 cm³/mol. The van der Waals surface area contributed by atoms with E-state index in [1.807, 2.05) is 55.5 Å². The van der Waals surface area contributed by atoms with Crippen molar-refractivity contribution < 1.29 is 9.53 Å². The van der Waals surface area contributed by atoms with Gasteiger partial charge in [0.25, 0.3) is 5.91 Å². The van der Waals surface area contributed by atoms with Gasteiger partial charge in [-0.15, -0.1) is 0 Å². The van der Waals surface area contributed by atoms with E-state index in [0.29, 0.717) is 12.2 Å². The van der Waals surface area contributed by atoms with Crippen molar-refractivity contribution in [2.24, 2.45) is 0 Å². The zero-order chi connectivity index (χ0) is 19.1. The Bertz CT molecular complexity index is 886. The molecule has 0 aromatic heterocycles. The molecule has 0 bridgehead atoms. The molecule has 0 aliphatic carbocycles. The third-order valence-corrected chi connectivity index (χ3v) is 4.70. The molecule has 1 N–H and O–H groups in total. The lowest BCUT2D eigenvalue weighted by Crippen LogP contribution is -2.32. The molecule has 0 saturated heterocycles. The highest BCUT2D eigenvalue weighted by molar-refractivity contribution is 5.94. The largest absolute Gasteiger partial charge is 0.481 e. The summed E-state index contributed by atoms with van der Waals surface area (Å²) in [6.07, 6.45) is 3.53. The summed E-state index contributed by atoms with van der Waals surface area (Å²) in [7, 11) is 0. The van der Waals surface area contributed by atoms with Gasteiger partial charge >= 0.3 is 0 Å². The van der Waals surface area contributed by atoms with Crippen molar-refractivity contribution >= 4 is 22.4 Å². The molecule has 0 spiro atoms. The van der Waals surface area contributed by atoms with Crippen LogP contribution in [0.1, 0.15) is 38.7 Å². The number of anilines is 1. The third kappa shape index (κ3) is 5.10. The smallest absolute Gasteiger partial charge is 0.265 e. The Hall–Kier alpha value is -2.81. The van der Waals surface area contributed by atoms with Gasteiger partial charge in [-0.25, -0.2) is 0 Å². The lowest BCUT2D eigenvalue weighted by atomic mass is 10.1. The molecule has 1 atom stereocenters. The fraction of sp³-hybridized carbons (Fsp3) is 0.292. The van der Waals surface area contributed by atoms with Crippen molar-refractivity contribution in [1.82, 2.24) is 0 Å². The number of nitrogens with one attached hydrogen (secondary N) is 1. The molecule has 0 fully saturated rings. The van der Waals surface area contributed by atoms with E-state index in [1.165, 1.54) is 18.4 Å². The Morgan fingerprint density at radius 3 is 2.41 bits per heavy atom. The molecule has 3 nitrogen and oxygen atoms in total. The van der Waals surface area contributed by atoms with Gasteiger partial charge in [-0.3, -0.25) is 4.79 Å². The summed E-state index contributed by atoms with van der Waals surface area (Å²) in [5.74, 6) is 0.595. The molecule has 1 amide bonds. The number of hydrogen-bond acceptors (Lipinski definition) is 2. The molecule has 3 aromatic carbocycles. The molecular weight excluding hydrogens is 334 g/mol. The van der Waals surface area contributed by atoms with Crippen molar-refractivity contribution in [2.75, 3.05) is 5.32 Å². The molecule has 3 rings (SSSR count). The van der Waals surface area contributed by atoms with Gasteiger partial charge in [0.15, 0.2) is 6.10 Å². The average molecular weight is 361 g/mol.